The van der Waals surface area contributed by atoms with Crippen molar-refractivity contribution in [1.82, 2.24) is 25.7 Å². The van der Waals surface area contributed by atoms with E-state index in [9.17, 15) is 4.79 Å². The van der Waals surface area contributed by atoms with Crippen molar-refractivity contribution in [1.29, 1.82) is 0 Å². The molecule has 0 aliphatic carbocycles. The molecule has 22 heavy (non-hydrogen) atoms. The van der Waals surface area contributed by atoms with Crippen LogP contribution < -0.4 is 16.0 Å². The van der Waals surface area contributed by atoms with E-state index >= 15 is 0 Å². The molecule has 1 rings (SSSR count). The van der Waals surface area contributed by atoms with Crippen molar-refractivity contribution < 1.29 is 9.53 Å². The zero-order valence-electron chi connectivity index (χ0n) is 13.3. The highest BCUT2D eigenvalue weighted by molar-refractivity contribution is 14.0. The summed E-state index contributed by atoms with van der Waals surface area (Å²) in [5.74, 6) is 0.499. The van der Waals surface area contributed by atoms with Gasteiger partial charge in [-0.15, -0.1) is 24.0 Å². The Balaban J connectivity index is 0.00000441. The van der Waals surface area contributed by atoms with Crippen molar-refractivity contribution in [3.63, 3.8) is 0 Å². The lowest BCUT2D eigenvalue weighted by atomic mass is 10.4. The lowest BCUT2D eigenvalue weighted by Gasteiger charge is -2.11. The van der Waals surface area contributed by atoms with Crippen LogP contribution >= 0.6 is 24.0 Å². The van der Waals surface area contributed by atoms with Crippen molar-refractivity contribution in [2.45, 2.75) is 13.5 Å². The maximum absolute atomic E-state index is 11.6. The van der Waals surface area contributed by atoms with Gasteiger partial charge in [0.2, 0.25) is 5.91 Å². The number of nitrogens with zero attached hydrogens (tertiary/aromatic N) is 3. The third kappa shape index (κ3) is 8.17. The Labute approximate surface area is 148 Å². The topological polar surface area (TPSA) is 92.6 Å². The fourth-order valence-corrected chi connectivity index (χ4v) is 1.58. The number of ether oxygens (including phenoxy) is 1. The summed E-state index contributed by atoms with van der Waals surface area (Å²) in [6.07, 6.45) is 1.73. The first-order valence-corrected chi connectivity index (χ1v) is 6.92. The second kappa shape index (κ2) is 12.2. The zero-order chi connectivity index (χ0) is 15.5. The van der Waals surface area contributed by atoms with E-state index in [1.807, 2.05) is 20.0 Å². The number of aliphatic imine (C=N–C) groups is 1. The molecule has 3 N–H and O–H groups in total. The predicted molar refractivity (Wildman–Crippen MR) is 96.3 cm³/mol. The lowest BCUT2D eigenvalue weighted by molar-refractivity contribution is -0.120. The number of carbonyl (C=O) groups is 1. The molecule has 9 heteroatoms. The van der Waals surface area contributed by atoms with Crippen LogP contribution in [0, 0.1) is 0 Å². The van der Waals surface area contributed by atoms with Crippen LogP contribution in [-0.2, 0) is 23.1 Å². The number of amides is 1. The molecule has 1 aromatic heterocycles. The minimum atomic E-state index is -0.0989. The third-order valence-corrected chi connectivity index (χ3v) is 2.71. The van der Waals surface area contributed by atoms with E-state index in [0.29, 0.717) is 25.7 Å². The van der Waals surface area contributed by atoms with Crippen molar-refractivity contribution in [2.75, 3.05) is 33.4 Å². The molecule has 0 bridgehead atoms. The van der Waals surface area contributed by atoms with Crippen LogP contribution in [0.5, 0.6) is 0 Å². The van der Waals surface area contributed by atoms with Crippen molar-refractivity contribution in [2.24, 2.45) is 12.0 Å². The Kier molecular flexibility index (Phi) is 11.5. The number of hydrogen-bond acceptors (Lipinski definition) is 4. The van der Waals surface area contributed by atoms with Crippen molar-refractivity contribution in [3.05, 3.63) is 18.0 Å². The highest BCUT2D eigenvalue weighted by Crippen LogP contribution is 1.97. The molecule has 0 spiro atoms. The van der Waals surface area contributed by atoms with Gasteiger partial charge in [-0.2, -0.15) is 5.10 Å². The molecule has 0 atom stereocenters. The number of halogens is 1. The molecule has 0 saturated heterocycles. The van der Waals surface area contributed by atoms with Gasteiger partial charge < -0.3 is 20.7 Å². The van der Waals surface area contributed by atoms with E-state index in [4.69, 9.17) is 4.74 Å². The van der Waals surface area contributed by atoms with Gasteiger partial charge in [-0.25, -0.2) is 4.99 Å². The molecule has 0 aromatic carbocycles. The molecule has 0 saturated carbocycles. The summed E-state index contributed by atoms with van der Waals surface area (Å²) in [5.41, 5.74) is 0.997. The zero-order valence-corrected chi connectivity index (χ0v) is 15.6. The Morgan fingerprint density at radius 3 is 2.77 bits per heavy atom. The van der Waals surface area contributed by atoms with Gasteiger partial charge in [-0.1, -0.05) is 0 Å². The number of nitrogens with one attached hydrogen (secondary N) is 3. The fraction of sp³-hybridized carbons (Fsp3) is 0.615. The monoisotopic (exact) mass is 424 g/mol. The molecule has 1 heterocycles. The van der Waals surface area contributed by atoms with Crippen molar-refractivity contribution >= 4 is 35.8 Å². The van der Waals surface area contributed by atoms with Crippen LogP contribution in [0.1, 0.15) is 12.6 Å². The quantitative estimate of drug-likeness (QED) is 0.234. The summed E-state index contributed by atoms with van der Waals surface area (Å²) < 4.78 is 6.64. The summed E-state index contributed by atoms with van der Waals surface area (Å²) in [4.78, 5) is 16.0. The largest absolute Gasteiger partial charge is 0.383 e. The first-order chi connectivity index (χ1) is 10.2. The molecule has 0 radical (unpaired) electrons. The number of rotatable bonds is 8. The van der Waals surface area contributed by atoms with Crippen LogP contribution in [-0.4, -0.2) is 55.0 Å². The number of hydrogen-bond donors (Lipinski definition) is 3. The second-order valence-corrected chi connectivity index (χ2v) is 4.34. The maximum Gasteiger partial charge on any atom is 0.239 e. The summed E-state index contributed by atoms with van der Waals surface area (Å²) in [5, 5.41) is 12.9. The molecule has 8 nitrogen and oxygen atoms in total. The molecule has 126 valence electrons. The first kappa shape index (κ1) is 20.6. The highest BCUT2D eigenvalue weighted by atomic mass is 127. The second-order valence-electron chi connectivity index (χ2n) is 4.34. The van der Waals surface area contributed by atoms with E-state index < -0.39 is 0 Å². The van der Waals surface area contributed by atoms with Gasteiger partial charge in [0.1, 0.15) is 0 Å². The Morgan fingerprint density at radius 1 is 1.41 bits per heavy atom. The molecule has 0 fully saturated rings. The predicted octanol–water partition coefficient (Wildman–Crippen LogP) is -0.144. The van der Waals surface area contributed by atoms with Gasteiger partial charge in [-0.3, -0.25) is 9.48 Å². The molecular weight excluding hydrogens is 399 g/mol. The van der Waals surface area contributed by atoms with Gasteiger partial charge >= 0.3 is 0 Å². The van der Waals surface area contributed by atoms with Crippen LogP contribution in [0.2, 0.25) is 0 Å². The first-order valence-electron chi connectivity index (χ1n) is 6.92. The molecular formula is C13H25IN6O2. The van der Waals surface area contributed by atoms with E-state index in [-0.39, 0.29) is 36.4 Å². The maximum atomic E-state index is 11.6. The minimum Gasteiger partial charge on any atom is -0.383 e. The van der Waals surface area contributed by atoms with Crippen LogP contribution in [0.25, 0.3) is 0 Å². The number of aryl methyl sites for hydroxylation is 1. The minimum absolute atomic E-state index is 0. The van der Waals surface area contributed by atoms with E-state index in [1.165, 1.54) is 0 Å². The summed E-state index contributed by atoms with van der Waals surface area (Å²) >= 11 is 0. The van der Waals surface area contributed by atoms with Gasteiger partial charge in [0.05, 0.1) is 25.4 Å². The van der Waals surface area contributed by atoms with E-state index in [2.05, 4.69) is 26.0 Å². The summed E-state index contributed by atoms with van der Waals surface area (Å²) in [6.45, 7) is 4.36. The van der Waals surface area contributed by atoms with Gasteiger partial charge in [0, 0.05) is 33.4 Å². The Bertz CT molecular complexity index is 463. The SMILES string of the molecule is CCNC(=NCc1ccnn1C)NCC(=O)NCCOC.I. The molecule has 1 aromatic rings. The lowest BCUT2D eigenvalue weighted by Crippen LogP contribution is -2.43. The van der Waals surface area contributed by atoms with Crippen LogP contribution in [0.15, 0.2) is 17.3 Å². The molecule has 0 unspecified atom stereocenters. The number of carbonyl (C=O) groups excluding carboxylic acids is 1. The summed E-state index contributed by atoms with van der Waals surface area (Å²) in [7, 11) is 3.47. The average Bonchev–Trinajstić information content (AvgIpc) is 2.87. The highest BCUT2D eigenvalue weighted by Gasteiger charge is 2.03. The van der Waals surface area contributed by atoms with E-state index in [1.54, 1.807) is 18.0 Å². The normalized spacial score (nSPS) is 10.8. The average molecular weight is 424 g/mol. The van der Waals surface area contributed by atoms with Gasteiger partial charge in [-0.05, 0) is 13.0 Å². The third-order valence-electron chi connectivity index (χ3n) is 2.71. The molecule has 1 amide bonds. The standard InChI is InChI=1S/C13H24N6O2.HI/c1-4-14-13(16-9-11-5-6-18-19(11)2)17-10-12(20)15-7-8-21-3;/h5-6H,4,7-10H2,1-3H3,(H,15,20)(H2,14,16,17);1H. The van der Waals surface area contributed by atoms with Crippen LogP contribution in [0.3, 0.4) is 0 Å². The van der Waals surface area contributed by atoms with Crippen molar-refractivity contribution in [3.8, 4) is 0 Å². The molecule has 0 aliphatic heterocycles. The molecule has 0 aliphatic rings. The smallest absolute Gasteiger partial charge is 0.239 e. The van der Waals surface area contributed by atoms with Gasteiger partial charge in [0.15, 0.2) is 5.96 Å². The fourth-order valence-electron chi connectivity index (χ4n) is 1.58. The Morgan fingerprint density at radius 2 is 2.18 bits per heavy atom. The number of guanidine groups is 1. The number of methoxy groups -OCH3 is 1. The summed E-state index contributed by atoms with van der Waals surface area (Å²) in [6, 6.07) is 1.91. The number of aromatic nitrogens is 2. The van der Waals surface area contributed by atoms with E-state index in [0.717, 1.165) is 12.2 Å². The van der Waals surface area contributed by atoms with Crippen LogP contribution in [0.4, 0.5) is 0 Å². The van der Waals surface area contributed by atoms with Gasteiger partial charge in [0.25, 0.3) is 0 Å². The Hall–Kier alpha value is -1.36.